The molecule has 26 heavy (non-hydrogen) atoms. The van der Waals surface area contributed by atoms with Crippen LogP contribution in [0.3, 0.4) is 0 Å². The third kappa shape index (κ3) is 4.72. The highest BCUT2D eigenvalue weighted by atomic mass is 16.5. The zero-order valence-corrected chi connectivity index (χ0v) is 15.1. The molecule has 5 heteroatoms. The number of hydrogen-bond acceptors (Lipinski definition) is 3. The van der Waals surface area contributed by atoms with Gasteiger partial charge in [-0.25, -0.2) is 4.68 Å². The highest BCUT2D eigenvalue weighted by Gasteiger charge is 2.06. The quantitative estimate of drug-likeness (QED) is 0.712. The molecule has 0 saturated carbocycles. The maximum Gasteiger partial charge on any atom is 0.257 e. The third-order valence-corrected chi connectivity index (χ3v) is 4.08. The fourth-order valence-corrected chi connectivity index (χ4v) is 2.71. The minimum Gasteiger partial charge on any atom is -0.484 e. The van der Waals surface area contributed by atoms with Gasteiger partial charge in [0.15, 0.2) is 6.61 Å². The van der Waals surface area contributed by atoms with Crippen LogP contribution in [0.25, 0.3) is 5.69 Å². The molecule has 3 aromatic rings. The number of rotatable bonds is 7. The molecule has 1 amide bonds. The van der Waals surface area contributed by atoms with Crippen molar-refractivity contribution in [1.29, 1.82) is 0 Å². The van der Waals surface area contributed by atoms with Crippen molar-refractivity contribution in [1.82, 2.24) is 15.1 Å². The second-order valence-electron chi connectivity index (χ2n) is 6.29. The number of para-hydroxylation sites is 1. The molecular weight excluding hydrogens is 326 g/mol. The van der Waals surface area contributed by atoms with E-state index in [2.05, 4.69) is 10.4 Å². The molecule has 0 unspecified atom stereocenters. The first-order chi connectivity index (χ1) is 12.6. The van der Waals surface area contributed by atoms with Crippen molar-refractivity contribution in [3.63, 3.8) is 0 Å². The molecule has 134 valence electrons. The fraction of sp³-hybridized carbons (Fsp3) is 0.238. The standard InChI is InChI=1S/C21H23N3O2/c1-16-8-9-20(17(2)12-16)26-15-21(25)22-11-10-18-13-23-24(14-18)19-6-4-3-5-7-19/h3-9,12-14H,10-11,15H2,1-2H3,(H,22,25). The van der Waals surface area contributed by atoms with E-state index in [1.807, 2.05) is 79.5 Å². The Bertz CT molecular complexity index is 872. The number of aromatic nitrogens is 2. The first kappa shape index (κ1) is 17.7. The summed E-state index contributed by atoms with van der Waals surface area (Å²) in [5.41, 5.74) is 4.30. The van der Waals surface area contributed by atoms with Gasteiger partial charge in [0.05, 0.1) is 11.9 Å². The average Bonchev–Trinajstić information content (AvgIpc) is 3.11. The average molecular weight is 349 g/mol. The molecule has 0 radical (unpaired) electrons. The molecule has 2 aromatic carbocycles. The Hall–Kier alpha value is -3.08. The van der Waals surface area contributed by atoms with Crippen LogP contribution in [-0.4, -0.2) is 28.8 Å². The van der Waals surface area contributed by atoms with Gasteiger partial charge in [-0.2, -0.15) is 5.10 Å². The molecule has 0 atom stereocenters. The van der Waals surface area contributed by atoms with Gasteiger partial charge < -0.3 is 10.1 Å². The van der Waals surface area contributed by atoms with Gasteiger partial charge >= 0.3 is 0 Å². The lowest BCUT2D eigenvalue weighted by Gasteiger charge is -2.10. The third-order valence-electron chi connectivity index (χ3n) is 4.08. The monoisotopic (exact) mass is 349 g/mol. The summed E-state index contributed by atoms with van der Waals surface area (Å²) in [6, 6.07) is 15.9. The Kier molecular flexibility index (Phi) is 5.69. The van der Waals surface area contributed by atoms with Crippen molar-refractivity contribution in [2.75, 3.05) is 13.2 Å². The van der Waals surface area contributed by atoms with Gasteiger partial charge in [-0.1, -0.05) is 35.9 Å². The van der Waals surface area contributed by atoms with Crippen LogP contribution in [0.4, 0.5) is 0 Å². The Morgan fingerprint density at radius 1 is 1.15 bits per heavy atom. The van der Waals surface area contributed by atoms with Crippen LogP contribution in [0.2, 0.25) is 0 Å². The number of amides is 1. The lowest BCUT2D eigenvalue weighted by Crippen LogP contribution is -2.30. The van der Waals surface area contributed by atoms with Gasteiger partial charge in [0, 0.05) is 12.7 Å². The predicted molar refractivity (Wildman–Crippen MR) is 102 cm³/mol. The number of nitrogens with zero attached hydrogens (tertiary/aromatic N) is 2. The molecule has 1 N–H and O–H groups in total. The van der Waals surface area contributed by atoms with Crippen molar-refractivity contribution in [3.05, 3.63) is 77.6 Å². The van der Waals surface area contributed by atoms with E-state index in [-0.39, 0.29) is 12.5 Å². The number of nitrogens with one attached hydrogen (secondary N) is 1. The van der Waals surface area contributed by atoms with Crippen LogP contribution in [0, 0.1) is 13.8 Å². The van der Waals surface area contributed by atoms with Crippen molar-refractivity contribution in [3.8, 4) is 11.4 Å². The number of ether oxygens (including phenoxy) is 1. The van der Waals surface area contributed by atoms with Gasteiger partial charge in [-0.15, -0.1) is 0 Å². The summed E-state index contributed by atoms with van der Waals surface area (Å²) in [7, 11) is 0. The van der Waals surface area contributed by atoms with Crippen LogP contribution in [-0.2, 0) is 11.2 Å². The lowest BCUT2D eigenvalue weighted by atomic mass is 10.1. The molecule has 3 rings (SSSR count). The molecule has 0 saturated heterocycles. The van der Waals surface area contributed by atoms with Gasteiger partial charge in [-0.05, 0) is 49.6 Å². The highest BCUT2D eigenvalue weighted by molar-refractivity contribution is 5.77. The molecule has 1 heterocycles. The predicted octanol–water partition coefficient (Wildman–Crippen LogP) is 3.23. The van der Waals surface area contributed by atoms with E-state index in [1.165, 1.54) is 5.56 Å². The van der Waals surface area contributed by atoms with Crippen LogP contribution in [0.1, 0.15) is 16.7 Å². The Morgan fingerprint density at radius 3 is 2.73 bits per heavy atom. The molecule has 0 aliphatic rings. The number of carbonyl (C=O) groups is 1. The zero-order valence-electron chi connectivity index (χ0n) is 15.1. The summed E-state index contributed by atoms with van der Waals surface area (Å²) < 4.78 is 7.42. The van der Waals surface area contributed by atoms with E-state index in [9.17, 15) is 4.79 Å². The Morgan fingerprint density at radius 2 is 1.96 bits per heavy atom. The van der Waals surface area contributed by atoms with E-state index in [1.54, 1.807) is 0 Å². The first-order valence-corrected chi connectivity index (χ1v) is 8.67. The summed E-state index contributed by atoms with van der Waals surface area (Å²) in [5, 5.41) is 7.24. The topological polar surface area (TPSA) is 56.1 Å². The molecule has 0 aliphatic carbocycles. The zero-order chi connectivity index (χ0) is 18.4. The van der Waals surface area contributed by atoms with Crippen molar-refractivity contribution in [2.45, 2.75) is 20.3 Å². The summed E-state index contributed by atoms with van der Waals surface area (Å²) in [5.74, 6) is 0.621. The minimum atomic E-state index is -0.125. The molecule has 0 fully saturated rings. The normalized spacial score (nSPS) is 10.5. The first-order valence-electron chi connectivity index (χ1n) is 8.67. The molecule has 0 spiro atoms. The van der Waals surface area contributed by atoms with Crippen LogP contribution in [0.15, 0.2) is 60.9 Å². The van der Waals surface area contributed by atoms with Crippen molar-refractivity contribution < 1.29 is 9.53 Å². The largest absolute Gasteiger partial charge is 0.484 e. The second-order valence-corrected chi connectivity index (χ2v) is 6.29. The molecule has 0 aliphatic heterocycles. The van der Waals surface area contributed by atoms with Gasteiger partial charge in [0.2, 0.25) is 0 Å². The number of carbonyl (C=O) groups excluding carboxylic acids is 1. The number of benzene rings is 2. The molecular formula is C21H23N3O2. The van der Waals surface area contributed by atoms with Gasteiger partial charge in [0.25, 0.3) is 5.91 Å². The highest BCUT2D eigenvalue weighted by Crippen LogP contribution is 2.18. The summed E-state index contributed by atoms with van der Waals surface area (Å²) in [6.07, 6.45) is 4.53. The van der Waals surface area contributed by atoms with Crippen LogP contribution < -0.4 is 10.1 Å². The minimum absolute atomic E-state index is 0.0210. The summed E-state index contributed by atoms with van der Waals surface area (Å²) in [4.78, 5) is 12.0. The maximum absolute atomic E-state index is 12.0. The summed E-state index contributed by atoms with van der Waals surface area (Å²) >= 11 is 0. The number of hydrogen-bond donors (Lipinski definition) is 1. The lowest BCUT2D eigenvalue weighted by molar-refractivity contribution is -0.123. The maximum atomic E-state index is 12.0. The fourth-order valence-electron chi connectivity index (χ4n) is 2.71. The van der Waals surface area contributed by atoms with E-state index in [0.29, 0.717) is 6.54 Å². The smallest absolute Gasteiger partial charge is 0.257 e. The van der Waals surface area contributed by atoms with Gasteiger partial charge in [0.1, 0.15) is 5.75 Å². The van der Waals surface area contributed by atoms with Gasteiger partial charge in [-0.3, -0.25) is 4.79 Å². The van der Waals surface area contributed by atoms with E-state index in [4.69, 9.17) is 4.74 Å². The van der Waals surface area contributed by atoms with E-state index < -0.39 is 0 Å². The van der Waals surface area contributed by atoms with Crippen molar-refractivity contribution in [2.24, 2.45) is 0 Å². The van der Waals surface area contributed by atoms with Crippen molar-refractivity contribution >= 4 is 5.91 Å². The SMILES string of the molecule is Cc1ccc(OCC(=O)NCCc2cnn(-c3ccccc3)c2)c(C)c1. The summed E-state index contributed by atoms with van der Waals surface area (Å²) in [6.45, 7) is 4.58. The second kappa shape index (κ2) is 8.34. The molecule has 5 nitrogen and oxygen atoms in total. The number of aryl methyl sites for hydroxylation is 2. The Labute approximate surface area is 153 Å². The Balaban J connectivity index is 1.43. The van der Waals surface area contributed by atoms with Crippen LogP contribution >= 0.6 is 0 Å². The van der Waals surface area contributed by atoms with Crippen LogP contribution in [0.5, 0.6) is 5.75 Å². The van der Waals surface area contributed by atoms with E-state index in [0.717, 1.165) is 29.0 Å². The molecule has 1 aromatic heterocycles. The van der Waals surface area contributed by atoms with E-state index >= 15 is 0 Å². The molecule has 0 bridgehead atoms.